The van der Waals surface area contributed by atoms with Gasteiger partial charge < -0.3 is 4.42 Å². The Balaban J connectivity index is 1.99. The molecule has 3 heteroatoms. The number of oxazole rings is 1. The number of aromatic nitrogens is 2. The Morgan fingerprint density at radius 1 is 0.824 bits per heavy atom. The van der Waals surface area contributed by atoms with Gasteiger partial charge in [0.15, 0.2) is 5.76 Å². The van der Waals surface area contributed by atoms with E-state index in [1.54, 1.807) is 12.4 Å². The van der Waals surface area contributed by atoms with Gasteiger partial charge in [-0.2, -0.15) is 0 Å². The van der Waals surface area contributed by atoms with Gasteiger partial charge in [0.25, 0.3) is 0 Å². The van der Waals surface area contributed by atoms with Crippen LogP contribution in [-0.4, -0.2) is 9.97 Å². The molecule has 0 atom stereocenters. The van der Waals surface area contributed by atoms with Crippen molar-refractivity contribution >= 4 is 0 Å². The molecular weight excluding hydrogens is 212 g/mol. The summed E-state index contributed by atoms with van der Waals surface area (Å²) in [6.45, 7) is 0. The monoisotopic (exact) mass is 222 g/mol. The summed E-state index contributed by atoms with van der Waals surface area (Å²) in [5, 5.41) is 0. The van der Waals surface area contributed by atoms with Crippen molar-refractivity contribution in [2.45, 2.75) is 0 Å². The first-order chi connectivity index (χ1) is 8.43. The summed E-state index contributed by atoms with van der Waals surface area (Å²) in [5.41, 5.74) is 1.76. The molecule has 3 aromatic rings. The Hall–Kier alpha value is -2.42. The van der Waals surface area contributed by atoms with Crippen LogP contribution in [0.2, 0.25) is 0 Å². The zero-order chi connectivity index (χ0) is 11.5. The van der Waals surface area contributed by atoms with E-state index >= 15 is 0 Å². The van der Waals surface area contributed by atoms with Gasteiger partial charge >= 0.3 is 0 Å². The third-order valence-electron chi connectivity index (χ3n) is 2.44. The molecule has 0 bridgehead atoms. The minimum Gasteiger partial charge on any atom is -0.434 e. The van der Waals surface area contributed by atoms with Crippen molar-refractivity contribution in [2.24, 2.45) is 0 Å². The second-order valence-corrected chi connectivity index (χ2v) is 3.61. The lowest BCUT2D eigenvalue weighted by Crippen LogP contribution is -1.77. The number of benzene rings is 1. The van der Waals surface area contributed by atoms with Crippen LogP contribution >= 0.6 is 0 Å². The fraction of sp³-hybridized carbons (Fsp3) is 0. The molecule has 0 aliphatic rings. The van der Waals surface area contributed by atoms with Crippen LogP contribution in [0.25, 0.3) is 22.9 Å². The Kier molecular flexibility index (Phi) is 2.43. The largest absolute Gasteiger partial charge is 0.434 e. The molecule has 0 aliphatic carbocycles. The normalized spacial score (nSPS) is 10.4. The maximum absolute atomic E-state index is 5.68. The molecule has 0 unspecified atom stereocenters. The zero-order valence-electron chi connectivity index (χ0n) is 9.08. The first-order valence-corrected chi connectivity index (χ1v) is 5.36. The van der Waals surface area contributed by atoms with Gasteiger partial charge in [0, 0.05) is 11.8 Å². The van der Waals surface area contributed by atoms with Crippen LogP contribution in [0.5, 0.6) is 0 Å². The summed E-state index contributed by atoms with van der Waals surface area (Å²) in [5.74, 6) is 1.30. The van der Waals surface area contributed by atoms with Crippen LogP contribution < -0.4 is 0 Å². The second-order valence-electron chi connectivity index (χ2n) is 3.61. The van der Waals surface area contributed by atoms with E-state index in [0.29, 0.717) is 11.7 Å². The molecule has 1 aromatic carbocycles. The highest BCUT2D eigenvalue weighted by Crippen LogP contribution is 2.23. The third kappa shape index (κ3) is 1.95. The fourth-order valence-corrected chi connectivity index (χ4v) is 1.62. The van der Waals surface area contributed by atoms with Gasteiger partial charge in [0.1, 0.15) is 5.69 Å². The molecule has 0 N–H and O–H groups in total. The summed E-state index contributed by atoms with van der Waals surface area (Å²) < 4.78 is 5.68. The number of nitrogens with zero attached hydrogens (tertiary/aromatic N) is 2. The highest BCUT2D eigenvalue weighted by molar-refractivity contribution is 5.57. The summed E-state index contributed by atoms with van der Waals surface area (Å²) in [4.78, 5) is 8.48. The molecule has 0 saturated carbocycles. The average molecular weight is 222 g/mol. The summed E-state index contributed by atoms with van der Waals surface area (Å²) in [6.07, 6.45) is 3.44. The Labute approximate surface area is 98.8 Å². The fourth-order valence-electron chi connectivity index (χ4n) is 1.62. The van der Waals surface area contributed by atoms with Crippen LogP contribution in [0.15, 0.2) is 65.3 Å². The van der Waals surface area contributed by atoms with Gasteiger partial charge in [-0.1, -0.05) is 24.3 Å². The third-order valence-corrected chi connectivity index (χ3v) is 2.44. The van der Waals surface area contributed by atoms with Crippen molar-refractivity contribution in [3.8, 4) is 22.9 Å². The van der Waals surface area contributed by atoms with E-state index in [9.17, 15) is 0 Å². The van der Waals surface area contributed by atoms with Crippen LogP contribution in [0, 0.1) is 0 Å². The number of pyridine rings is 1. The molecule has 0 fully saturated rings. The van der Waals surface area contributed by atoms with Crippen LogP contribution in [0.3, 0.4) is 0 Å². The van der Waals surface area contributed by atoms with E-state index in [0.717, 1.165) is 11.3 Å². The molecule has 2 heterocycles. The standard InChI is InChI=1S/C14H10N2O/c1-2-6-11(7-3-1)14-16-10-13(17-14)12-8-4-5-9-15-12/h1-10H. The first kappa shape index (κ1) is 9.78. The van der Waals surface area contributed by atoms with Gasteiger partial charge in [0.2, 0.25) is 5.89 Å². The average Bonchev–Trinajstić information content (AvgIpc) is 2.90. The van der Waals surface area contributed by atoms with E-state index in [1.165, 1.54) is 0 Å². The predicted octanol–water partition coefficient (Wildman–Crippen LogP) is 3.40. The van der Waals surface area contributed by atoms with E-state index < -0.39 is 0 Å². The van der Waals surface area contributed by atoms with E-state index in [4.69, 9.17) is 4.42 Å². The lowest BCUT2D eigenvalue weighted by Gasteiger charge is -1.95. The molecule has 0 amide bonds. The quantitative estimate of drug-likeness (QED) is 0.667. The molecule has 3 rings (SSSR count). The summed E-state index contributed by atoms with van der Waals surface area (Å²) >= 11 is 0. The topological polar surface area (TPSA) is 38.9 Å². The lowest BCUT2D eigenvalue weighted by molar-refractivity contribution is 0.586. The predicted molar refractivity (Wildman–Crippen MR) is 65.2 cm³/mol. The van der Waals surface area contributed by atoms with Crippen molar-refractivity contribution in [1.82, 2.24) is 9.97 Å². The first-order valence-electron chi connectivity index (χ1n) is 5.36. The van der Waals surface area contributed by atoms with Gasteiger partial charge in [0.05, 0.1) is 6.20 Å². The molecule has 0 saturated heterocycles. The molecule has 0 aliphatic heterocycles. The van der Waals surface area contributed by atoms with Crippen LogP contribution in [0.1, 0.15) is 0 Å². The molecule has 0 spiro atoms. The van der Waals surface area contributed by atoms with Crippen LogP contribution in [0.4, 0.5) is 0 Å². The van der Waals surface area contributed by atoms with Crippen LogP contribution in [-0.2, 0) is 0 Å². The highest BCUT2D eigenvalue weighted by Gasteiger charge is 2.08. The number of hydrogen-bond donors (Lipinski definition) is 0. The lowest BCUT2D eigenvalue weighted by atomic mass is 10.2. The highest BCUT2D eigenvalue weighted by atomic mass is 16.4. The molecule has 3 nitrogen and oxygen atoms in total. The summed E-state index contributed by atoms with van der Waals surface area (Å²) in [7, 11) is 0. The Morgan fingerprint density at radius 3 is 2.41 bits per heavy atom. The smallest absolute Gasteiger partial charge is 0.226 e. The number of rotatable bonds is 2. The van der Waals surface area contributed by atoms with Crippen molar-refractivity contribution in [3.05, 3.63) is 60.9 Å². The maximum atomic E-state index is 5.68. The van der Waals surface area contributed by atoms with Crippen molar-refractivity contribution < 1.29 is 4.42 Å². The molecule has 17 heavy (non-hydrogen) atoms. The Morgan fingerprint density at radius 2 is 1.65 bits per heavy atom. The van der Waals surface area contributed by atoms with Gasteiger partial charge in [-0.15, -0.1) is 0 Å². The molecular formula is C14H10N2O. The number of hydrogen-bond acceptors (Lipinski definition) is 3. The zero-order valence-corrected chi connectivity index (χ0v) is 9.08. The van der Waals surface area contributed by atoms with E-state index in [-0.39, 0.29) is 0 Å². The Bertz CT molecular complexity index is 548. The van der Waals surface area contributed by atoms with Crippen molar-refractivity contribution in [2.75, 3.05) is 0 Å². The van der Waals surface area contributed by atoms with E-state index in [2.05, 4.69) is 9.97 Å². The van der Waals surface area contributed by atoms with Gasteiger partial charge in [-0.05, 0) is 24.3 Å². The van der Waals surface area contributed by atoms with Gasteiger partial charge in [-0.25, -0.2) is 4.98 Å². The van der Waals surface area contributed by atoms with Crippen molar-refractivity contribution in [3.63, 3.8) is 0 Å². The second kappa shape index (κ2) is 4.22. The van der Waals surface area contributed by atoms with Crippen molar-refractivity contribution in [1.29, 1.82) is 0 Å². The molecule has 82 valence electrons. The molecule has 2 aromatic heterocycles. The minimum atomic E-state index is 0.617. The molecule has 0 radical (unpaired) electrons. The van der Waals surface area contributed by atoms with Gasteiger partial charge in [-0.3, -0.25) is 4.98 Å². The minimum absolute atomic E-state index is 0.617. The SMILES string of the molecule is c1ccc(-c2ncc(-c3ccccn3)o2)cc1. The maximum Gasteiger partial charge on any atom is 0.226 e. The van der Waals surface area contributed by atoms with E-state index in [1.807, 2.05) is 48.5 Å². The summed E-state index contributed by atoms with van der Waals surface area (Å²) in [6, 6.07) is 15.5.